The van der Waals surface area contributed by atoms with Crippen molar-refractivity contribution < 1.29 is 33.3 Å². The summed E-state index contributed by atoms with van der Waals surface area (Å²) in [6.45, 7) is 0.00000646. The molecule has 0 radical (unpaired) electrons. The Morgan fingerprint density at radius 2 is 1.67 bits per heavy atom. The highest BCUT2D eigenvalue weighted by Crippen LogP contribution is 2.33. The molecule has 0 bridgehead atoms. The number of benzene rings is 2. The second kappa shape index (κ2) is 10.9. The molecule has 1 aromatic heterocycles. The number of ether oxygens (including phenoxy) is 5. The monoisotopic (exact) mass is 452 g/mol. The molecule has 0 aliphatic carbocycles. The van der Waals surface area contributed by atoms with E-state index in [1.54, 1.807) is 43.4 Å². The van der Waals surface area contributed by atoms with E-state index < -0.39 is 11.9 Å². The highest BCUT2D eigenvalue weighted by atomic mass is 16.5. The highest BCUT2D eigenvalue weighted by molar-refractivity contribution is 6.16. The van der Waals surface area contributed by atoms with Gasteiger partial charge in [0.25, 0.3) is 5.88 Å². The van der Waals surface area contributed by atoms with E-state index in [0.717, 1.165) is 0 Å². The maximum Gasteiger partial charge on any atom is 0.349 e. The Balaban J connectivity index is 1.94. The number of aryl methyl sites for hydroxylation is 1. The molecule has 33 heavy (non-hydrogen) atoms. The van der Waals surface area contributed by atoms with Crippen LogP contribution in [0.1, 0.15) is 21.5 Å². The fourth-order valence-corrected chi connectivity index (χ4v) is 3.08. The summed E-state index contributed by atoms with van der Waals surface area (Å²) in [6, 6.07) is 16.1. The third-order valence-corrected chi connectivity index (χ3v) is 4.62. The Kier molecular flexibility index (Phi) is 7.69. The van der Waals surface area contributed by atoms with Crippen LogP contribution in [0.25, 0.3) is 5.57 Å². The third-order valence-electron chi connectivity index (χ3n) is 4.62. The standard InChI is InChI=1S/C24H24N2O7/c1-26-22(33-17-11-6-5-7-12-17)20(24(28)31-4)21(25-26)32-14-16-10-8-9-13-18(16)19(15-29-2)23(27)30-3/h5-13,15H,14H2,1-4H3/b19-15+. The maximum atomic E-state index is 12.5. The molecule has 2 aromatic carbocycles. The molecule has 0 aliphatic heterocycles. The van der Waals surface area contributed by atoms with Crippen LogP contribution in [0.2, 0.25) is 0 Å². The average molecular weight is 452 g/mol. The number of hydrogen-bond donors (Lipinski definition) is 0. The fraction of sp³-hybridized carbons (Fsp3) is 0.208. The van der Waals surface area contributed by atoms with Crippen LogP contribution in [0.4, 0.5) is 0 Å². The number of nitrogens with zero attached hydrogens (tertiary/aromatic N) is 2. The quantitative estimate of drug-likeness (QED) is 0.275. The predicted molar refractivity (Wildman–Crippen MR) is 119 cm³/mol. The Morgan fingerprint density at radius 3 is 2.33 bits per heavy atom. The summed E-state index contributed by atoms with van der Waals surface area (Å²) in [7, 11) is 5.61. The molecular weight excluding hydrogens is 428 g/mol. The van der Waals surface area contributed by atoms with Gasteiger partial charge in [0.15, 0.2) is 5.56 Å². The number of hydrogen-bond acceptors (Lipinski definition) is 8. The zero-order chi connectivity index (χ0) is 23.8. The largest absolute Gasteiger partial charge is 0.503 e. The maximum absolute atomic E-state index is 12.5. The summed E-state index contributed by atoms with van der Waals surface area (Å²) in [5.74, 6) is -0.496. The first-order valence-electron chi connectivity index (χ1n) is 9.90. The predicted octanol–water partition coefficient (Wildman–Crippen LogP) is 3.74. The first kappa shape index (κ1) is 23.4. The molecule has 0 aliphatic rings. The first-order chi connectivity index (χ1) is 16.0. The molecule has 0 fully saturated rings. The molecule has 0 spiro atoms. The fourth-order valence-electron chi connectivity index (χ4n) is 3.08. The van der Waals surface area contributed by atoms with E-state index in [-0.39, 0.29) is 29.5 Å². The molecular formula is C24H24N2O7. The van der Waals surface area contributed by atoms with Crippen molar-refractivity contribution in [1.29, 1.82) is 0 Å². The number of methoxy groups -OCH3 is 3. The molecule has 0 amide bonds. The zero-order valence-electron chi connectivity index (χ0n) is 18.7. The summed E-state index contributed by atoms with van der Waals surface area (Å²) in [5.41, 5.74) is 1.48. The summed E-state index contributed by atoms with van der Waals surface area (Å²) < 4.78 is 28.0. The van der Waals surface area contributed by atoms with Crippen LogP contribution in [0.3, 0.4) is 0 Å². The van der Waals surface area contributed by atoms with E-state index in [1.807, 2.05) is 18.2 Å². The van der Waals surface area contributed by atoms with Crippen molar-refractivity contribution in [2.24, 2.45) is 7.05 Å². The smallest absolute Gasteiger partial charge is 0.349 e. The van der Waals surface area contributed by atoms with E-state index in [0.29, 0.717) is 16.9 Å². The topological polar surface area (TPSA) is 98.1 Å². The molecule has 9 nitrogen and oxygen atoms in total. The normalized spacial score (nSPS) is 11.0. The number of aromatic nitrogens is 2. The van der Waals surface area contributed by atoms with Crippen molar-refractivity contribution >= 4 is 17.5 Å². The van der Waals surface area contributed by atoms with Crippen LogP contribution in [0.5, 0.6) is 17.5 Å². The Morgan fingerprint density at radius 1 is 0.970 bits per heavy atom. The molecule has 0 N–H and O–H groups in total. The molecule has 9 heteroatoms. The number of carbonyl (C=O) groups excluding carboxylic acids is 2. The minimum Gasteiger partial charge on any atom is -0.503 e. The highest BCUT2D eigenvalue weighted by Gasteiger charge is 2.27. The molecule has 0 atom stereocenters. The van der Waals surface area contributed by atoms with Gasteiger partial charge in [-0.15, -0.1) is 5.10 Å². The molecule has 1 heterocycles. The summed E-state index contributed by atoms with van der Waals surface area (Å²) in [5, 5.41) is 4.29. The van der Waals surface area contributed by atoms with Gasteiger partial charge in [-0.25, -0.2) is 14.3 Å². The first-order valence-corrected chi connectivity index (χ1v) is 9.90. The number of rotatable bonds is 9. The minimum atomic E-state index is -0.660. The molecule has 172 valence electrons. The van der Waals surface area contributed by atoms with E-state index in [9.17, 15) is 9.59 Å². The lowest BCUT2D eigenvalue weighted by Crippen LogP contribution is -2.09. The number of esters is 2. The Bertz CT molecular complexity index is 1150. The minimum absolute atomic E-state index is 0.00000646. The van der Waals surface area contributed by atoms with Gasteiger partial charge in [0.1, 0.15) is 17.9 Å². The van der Waals surface area contributed by atoms with Crippen molar-refractivity contribution in [1.82, 2.24) is 9.78 Å². The van der Waals surface area contributed by atoms with Crippen LogP contribution >= 0.6 is 0 Å². The lowest BCUT2D eigenvalue weighted by molar-refractivity contribution is -0.133. The molecule has 0 unspecified atom stereocenters. The Hall–Kier alpha value is -4.27. The SMILES string of the molecule is CO/C=C(/C(=O)OC)c1ccccc1COc1nn(C)c(Oc2ccccc2)c1C(=O)OC. The van der Waals surface area contributed by atoms with Crippen LogP contribution < -0.4 is 9.47 Å². The average Bonchev–Trinajstić information content (AvgIpc) is 3.15. The van der Waals surface area contributed by atoms with Crippen LogP contribution in [-0.2, 0) is 32.7 Å². The second-order valence-corrected chi connectivity index (χ2v) is 6.72. The van der Waals surface area contributed by atoms with Crippen molar-refractivity contribution in [3.63, 3.8) is 0 Å². The number of para-hydroxylation sites is 1. The molecule has 3 rings (SSSR count). The van der Waals surface area contributed by atoms with Gasteiger partial charge in [-0.3, -0.25) is 0 Å². The molecule has 0 saturated carbocycles. The summed E-state index contributed by atoms with van der Waals surface area (Å²) in [4.78, 5) is 24.8. The lowest BCUT2D eigenvalue weighted by atomic mass is 10.0. The number of carbonyl (C=O) groups is 2. The van der Waals surface area contributed by atoms with Gasteiger partial charge in [0.05, 0.1) is 27.6 Å². The van der Waals surface area contributed by atoms with Crippen molar-refractivity contribution in [3.05, 3.63) is 77.5 Å². The van der Waals surface area contributed by atoms with Gasteiger partial charge in [0.2, 0.25) is 5.88 Å². The molecule has 3 aromatic rings. The lowest BCUT2D eigenvalue weighted by Gasteiger charge is -2.12. The van der Waals surface area contributed by atoms with Crippen LogP contribution in [-0.4, -0.2) is 43.0 Å². The second-order valence-electron chi connectivity index (χ2n) is 6.72. The van der Waals surface area contributed by atoms with Gasteiger partial charge in [-0.05, 0) is 23.3 Å². The Labute approximate surface area is 191 Å². The van der Waals surface area contributed by atoms with Gasteiger partial charge >= 0.3 is 11.9 Å². The van der Waals surface area contributed by atoms with E-state index >= 15 is 0 Å². The summed E-state index contributed by atoms with van der Waals surface area (Å²) >= 11 is 0. The van der Waals surface area contributed by atoms with Crippen molar-refractivity contribution in [3.8, 4) is 17.5 Å². The molecule has 0 saturated heterocycles. The van der Waals surface area contributed by atoms with Crippen molar-refractivity contribution in [2.75, 3.05) is 21.3 Å². The van der Waals surface area contributed by atoms with Gasteiger partial charge in [0, 0.05) is 7.05 Å². The van der Waals surface area contributed by atoms with Crippen LogP contribution in [0, 0.1) is 0 Å². The third kappa shape index (κ3) is 5.32. The van der Waals surface area contributed by atoms with Gasteiger partial charge in [-0.1, -0.05) is 42.5 Å². The van der Waals surface area contributed by atoms with Gasteiger partial charge < -0.3 is 23.7 Å². The summed E-state index contributed by atoms with van der Waals surface area (Å²) in [6.07, 6.45) is 1.30. The zero-order valence-corrected chi connectivity index (χ0v) is 18.7. The van der Waals surface area contributed by atoms with Crippen molar-refractivity contribution in [2.45, 2.75) is 6.61 Å². The van der Waals surface area contributed by atoms with E-state index in [4.69, 9.17) is 23.7 Å². The van der Waals surface area contributed by atoms with E-state index in [1.165, 1.54) is 32.3 Å². The van der Waals surface area contributed by atoms with Gasteiger partial charge in [-0.2, -0.15) is 0 Å². The van der Waals surface area contributed by atoms with Crippen LogP contribution in [0.15, 0.2) is 60.9 Å². The van der Waals surface area contributed by atoms with E-state index in [2.05, 4.69) is 5.10 Å².